The van der Waals surface area contributed by atoms with Gasteiger partial charge in [0.15, 0.2) is 0 Å². The van der Waals surface area contributed by atoms with Crippen LogP contribution < -0.4 is 0 Å². The first-order chi connectivity index (χ1) is 32.6. The molecule has 1 amide bonds. The SMILES string of the molecule is CC1CC(C)CN(S(=O)(=O)c2ccc3c(c2)cc(C(=O)N2CCCCC2)n3S(=O)(=O)c2ccccc2)C1.CC1CC(C)CN(S(=O)(=O)c2ccc3c(c2)cc(C(=O)O)n3S(=O)(=O)c2ccccc2)C1. The Labute approximate surface area is 404 Å². The van der Waals surface area contributed by atoms with Gasteiger partial charge >= 0.3 is 5.97 Å². The number of rotatable bonds is 10. The van der Waals surface area contributed by atoms with E-state index >= 15 is 0 Å². The van der Waals surface area contributed by atoms with E-state index in [0.29, 0.717) is 44.7 Å². The fourth-order valence-corrected chi connectivity index (χ4v) is 16.5. The molecule has 6 aromatic rings. The first-order valence-corrected chi connectivity index (χ1v) is 28.8. The van der Waals surface area contributed by atoms with Gasteiger partial charge < -0.3 is 10.0 Å². The number of carboxylic acids is 1. The summed E-state index contributed by atoms with van der Waals surface area (Å²) < 4.78 is 112. The summed E-state index contributed by atoms with van der Waals surface area (Å²) in [6.07, 6.45) is 4.70. The standard InChI is InChI=1S/C27H33N3O5S2.C22H24N2O6S2/c1-20-15-21(2)19-29(18-20)36(32,33)24-11-12-25-22(16-24)17-26(27(31)28-13-7-4-8-14-28)30(25)37(34,35)23-9-5-3-6-10-23;1-15-10-16(2)14-23(13-15)31(27,28)19-8-9-20-17(11-19)12-21(22(25)26)24(20)32(29,30)18-6-4-3-5-7-18/h3,5-6,9-12,16-17,20-21H,4,7-8,13-15,18-19H2,1-2H3;3-9,11-12,15-16H,10,13-14H2,1-2H3,(H,25,26). The normalized spacial score (nSPS) is 21.2. The van der Waals surface area contributed by atoms with Crippen LogP contribution in [0.2, 0.25) is 0 Å². The number of nitrogens with zero attached hydrogens (tertiary/aromatic N) is 5. The summed E-state index contributed by atoms with van der Waals surface area (Å²) in [6, 6.07) is 26.7. The van der Waals surface area contributed by atoms with Crippen molar-refractivity contribution in [2.45, 2.75) is 79.4 Å². The average molecular weight is 1020 g/mol. The largest absolute Gasteiger partial charge is 0.477 e. The first kappa shape index (κ1) is 50.0. The number of aromatic carboxylic acids is 1. The minimum Gasteiger partial charge on any atom is -0.477 e. The van der Waals surface area contributed by atoms with Crippen LogP contribution in [0.5, 0.6) is 0 Å². The minimum absolute atomic E-state index is 0.0116. The van der Waals surface area contributed by atoms with Crippen LogP contribution in [0.15, 0.2) is 129 Å². The van der Waals surface area contributed by atoms with Crippen molar-refractivity contribution < 1.29 is 48.4 Å². The molecule has 69 heavy (non-hydrogen) atoms. The predicted molar refractivity (Wildman–Crippen MR) is 262 cm³/mol. The number of sulfonamides is 2. The van der Waals surface area contributed by atoms with Gasteiger partial charge in [-0.3, -0.25) is 4.79 Å². The molecule has 16 nitrogen and oxygen atoms in total. The van der Waals surface area contributed by atoms with E-state index in [9.17, 15) is 48.4 Å². The second kappa shape index (κ2) is 19.4. The lowest BCUT2D eigenvalue weighted by Gasteiger charge is -2.34. The zero-order valence-electron chi connectivity index (χ0n) is 38.9. The van der Waals surface area contributed by atoms with Gasteiger partial charge in [-0.2, -0.15) is 8.61 Å². The average Bonchev–Trinajstić information content (AvgIpc) is 3.92. The second-order valence-corrected chi connectivity index (χ2v) is 26.3. The molecule has 368 valence electrons. The van der Waals surface area contributed by atoms with E-state index in [2.05, 4.69) is 13.8 Å². The van der Waals surface area contributed by atoms with Crippen molar-refractivity contribution in [3.8, 4) is 0 Å². The zero-order valence-corrected chi connectivity index (χ0v) is 42.1. The van der Waals surface area contributed by atoms with Gasteiger partial charge in [-0.05, 0) is 129 Å². The summed E-state index contributed by atoms with van der Waals surface area (Å²) in [5.74, 6) is -0.815. The molecule has 4 atom stereocenters. The number of hydrogen-bond acceptors (Lipinski definition) is 10. The third-order valence-corrected chi connectivity index (χ3v) is 20.2. The lowest BCUT2D eigenvalue weighted by Crippen LogP contribution is -2.42. The molecule has 2 aromatic heterocycles. The van der Waals surface area contributed by atoms with E-state index in [1.54, 1.807) is 41.3 Å². The minimum atomic E-state index is -4.21. The van der Waals surface area contributed by atoms with Crippen LogP contribution in [-0.2, 0) is 40.1 Å². The summed E-state index contributed by atoms with van der Waals surface area (Å²) in [5.41, 5.74) is -0.0525. The number of hydrogen-bond donors (Lipinski definition) is 1. The van der Waals surface area contributed by atoms with Crippen LogP contribution in [0.1, 0.15) is 80.8 Å². The number of benzene rings is 4. The summed E-state index contributed by atoms with van der Waals surface area (Å²) in [7, 11) is -15.9. The smallest absolute Gasteiger partial charge is 0.353 e. The van der Waals surface area contributed by atoms with E-state index in [0.717, 1.165) is 40.0 Å². The van der Waals surface area contributed by atoms with Gasteiger partial charge in [0, 0.05) is 50.0 Å². The summed E-state index contributed by atoms with van der Waals surface area (Å²) >= 11 is 0. The lowest BCUT2D eigenvalue weighted by molar-refractivity contribution is 0.0687. The molecule has 0 saturated carbocycles. The highest BCUT2D eigenvalue weighted by atomic mass is 32.2. The fraction of sp³-hybridized carbons (Fsp3) is 0.388. The van der Waals surface area contributed by atoms with Crippen LogP contribution in [0.4, 0.5) is 0 Å². The highest BCUT2D eigenvalue weighted by Gasteiger charge is 2.36. The fourth-order valence-electron chi connectivity index (χ4n) is 10.0. The van der Waals surface area contributed by atoms with Crippen LogP contribution in [0.25, 0.3) is 21.8 Å². The van der Waals surface area contributed by atoms with Gasteiger partial charge in [0.2, 0.25) is 20.0 Å². The quantitative estimate of drug-likeness (QED) is 0.143. The van der Waals surface area contributed by atoms with Gasteiger partial charge in [0.1, 0.15) is 11.4 Å². The Morgan fingerprint density at radius 2 is 0.841 bits per heavy atom. The molecule has 0 spiro atoms. The van der Waals surface area contributed by atoms with E-state index in [1.807, 2.05) is 13.8 Å². The van der Waals surface area contributed by atoms with Crippen molar-refractivity contribution in [1.29, 1.82) is 0 Å². The Balaban J connectivity index is 0.000000188. The third kappa shape index (κ3) is 9.88. The molecule has 3 aliphatic heterocycles. The Kier molecular flexibility index (Phi) is 14.1. The van der Waals surface area contributed by atoms with E-state index in [1.165, 1.54) is 81.4 Å². The number of amides is 1. The molecule has 4 unspecified atom stereocenters. The molecule has 0 bridgehead atoms. The number of carboxylic acid groups (broad SMARTS) is 1. The van der Waals surface area contributed by atoms with Gasteiger partial charge in [0.25, 0.3) is 26.0 Å². The van der Waals surface area contributed by atoms with Crippen molar-refractivity contribution in [2.75, 3.05) is 39.3 Å². The maximum atomic E-state index is 13.8. The highest BCUT2D eigenvalue weighted by molar-refractivity contribution is 7.90. The molecule has 5 heterocycles. The van der Waals surface area contributed by atoms with Crippen molar-refractivity contribution in [3.05, 3.63) is 121 Å². The molecule has 9 rings (SSSR count). The predicted octanol–water partition coefficient (Wildman–Crippen LogP) is 7.41. The number of likely N-dealkylation sites (tertiary alicyclic amines) is 1. The summed E-state index contributed by atoms with van der Waals surface area (Å²) in [5, 5.41) is 10.3. The number of fused-ring (bicyclic) bond motifs is 2. The summed E-state index contributed by atoms with van der Waals surface area (Å²) in [4.78, 5) is 27.2. The number of carbonyl (C=O) groups excluding carboxylic acids is 1. The number of piperidine rings is 3. The molecule has 3 aliphatic rings. The highest BCUT2D eigenvalue weighted by Crippen LogP contribution is 2.34. The molecular formula is C49H57N5O11S4. The van der Waals surface area contributed by atoms with Crippen LogP contribution >= 0.6 is 0 Å². The van der Waals surface area contributed by atoms with Gasteiger partial charge in [0.05, 0.1) is 30.6 Å². The molecule has 3 saturated heterocycles. The number of carbonyl (C=O) groups is 2. The van der Waals surface area contributed by atoms with Crippen molar-refractivity contribution >= 4 is 73.8 Å². The van der Waals surface area contributed by atoms with Gasteiger partial charge in [-0.15, -0.1) is 0 Å². The Hall–Kier alpha value is -5.38. The first-order valence-electron chi connectivity index (χ1n) is 23.1. The molecule has 3 fully saturated rings. The Bertz CT molecular complexity index is 3350. The molecule has 4 aromatic carbocycles. The molecule has 1 N–H and O–H groups in total. The van der Waals surface area contributed by atoms with Gasteiger partial charge in [-0.1, -0.05) is 64.1 Å². The van der Waals surface area contributed by atoms with E-state index in [-0.39, 0.29) is 71.3 Å². The monoisotopic (exact) mass is 1020 g/mol. The Morgan fingerprint density at radius 1 is 0.464 bits per heavy atom. The topological polar surface area (TPSA) is 211 Å². The van der Waals surface area contributed by atoms with Crippen molar-refractivity contribution in [3.63, 3.8) is 0 Å². The van der Waals surface area contributed by atoms with E-state index < -0.39 is 51.8 Å². The van der Waals surface area contributed by atoms with Crippen LogP contribution in [-0.4, -0.2) is 111 Å². The van der Waals surface area contributed by atoms with Crippen molar-refractivity contribution in [2.24, 2.45) is 23.7 Å². The van der Waals surface area contributed by atoms with E-state index in [4.69, 9.17) is 0 Å². The van der Waals surface area contributed by atoms with Crippen LogP contribution in [0.3, 0.4) is 0 Å². The third-order valence-electron chi connectivity index (χ3n) is 13.0. The molecule has 0 radical (unpaired) electrons. The second-order valence-electron chi connectivity index (χ2n) is 18.9. The maximum absolute atomic E-state index is 13.8. The molecular weight excluding hydrogens is 963 g/mol. The lowest BCUT2D eigenvalue weighted by atomic mass is 9.94. The molecule has 20 heteroatoms. The zero-order chi connectivity index (χ0) is 49.6. The van der Waals surface area contributed by atoms with Crippen molar-refractivity contribution in [1.82, 2.24) is 21.5 Å². The van der Waals surface area contributed by atoms with Crippen LogP contribution in [0, 0.1) is 23.7 Å². The number of aromatic nitrogens is 2. The van der Waals surface area contributed by atoms with Gasteiger partial charge in [-0.25, -0.2) is 46.4 Å². The maximum Gasteiger partial charge on any atom is 0.353 e. The summed E-state index contributed by atoms with van der Waals surface area (Å²) in [6.45, 7) is 11.0. The Morgan fingerprint density at radius 3 is 1.23 bits per heavy atom. The molecule has 0 aliphatic carbocycles.